The lowest BCUT2D eigenvalue weighted by Gasteiger charge is -2.07. The molecule has 0 saturated carbocycles. The summed E-state index contributed by atoms with van der Waals surface area (Å²) in [4.78, 5) is 31.5. The molecule has 0 fully saturated rings. The zero-order valence-electron chi connectivity index (χ0n) is 10.1. The maximum Gasteiger partial charge on any atom is 0.182 e. The Labute approximate surface area is 95.1 Å². The molecule has 0 amide bonds. The molecule has 0 atom stereocenters. The summed E-state index contributed by atoms with van der Waals surface area (Å²) in [5, 5.41) is 0. The van der Waals surface area contributed by atoms with Gasteiger partial charge in [0.15, 0.2) is 11.6 Å². The molecule has 16 heavy (non-hydrogen) atoms. The SMILES string of the molecule is CCC(=O)c1nc(C)c(C(=O)CC)nc1C. The Bertz CT molecular complexity index is 397. The van der Waals surface area contributed by atoms with E-state index in [1.54, 1.807) is 27.7 Å². The van der Waals surface area contributed by atoms with Crippen LogP contribution in [0.5, 0.6) is 0 Å². The van der Waals surface area contributed by atoms with Gasteiger partial charge >= 0.3 is 0 Å². The van der Waals surface area contributed by atoms with Gasteiger partial charge in [0.05, 0.1) is 11.4 Å². The van der Waals surface area contributed by atoms with Crippen molar-refractivity contribution in [2.75, 3.05) is 0 Å². The minimum absolute atomic E-state index is 0.0383. The normalized spacial score (nSPS) is 10.2. The van der Waals surface area contributed by atoms with Crippen molar-refractivity contribution in [3.8, 4) is 0 Å². The summed E-state index contributed by atoms with van der Waals surface area (Å²) < 4.78 is 0. The summed E-state index contributed by atoms with van der Waals surface area (Å²) in [6.45, 7) is 6.98. The highest BCUT2D eigenvalue weighted by Gasteiger charge is 2.16. The number of Topliss-reactive ketones (excluding diaryl/α,β-unsaturated/α-hetero) is 2. The number of carbonyl (C=O) groups excluding carboxylic acids is 2. The van der Waals surface area contributed by atoms with Gasteiger partial charge in [0.1, 0.15) is 11.4 Å². The molecule has 0 aliphatic heterocycles. The summed E-state index contributed by atoms with van der Waals surface area (Å²) >= 11 is 0. The Morgan fingerprint density at radius 2 is 1.19 bits per heavy atom. The van der Waals surface area contributed by atoms with Gasteiger partial charge in [0, 0.05) is 12.8 Å². The van der Waals surface area contributed by atoms with Crippen LogP contribution in [0.15, 0.2) is 0 Å². The van der Waals surface area contributed by atoms with E-state index < -0.39 is 0 Å². The Morgan fingerprint density at radius 3 is 1.44 bits per heavy atom. The van der Waals surface area contributed by atoms with Crippen LogP contribution < -0.4 is 0 Å². The molecular weight excluding hydrogens is 204 g/mol. The first-order chi connectivity index (χ1) is 7.51. The maximum atomic E-state index is 11.5. The van der Waals surface area contributed by atoms with Crippen LogP contribution in [0.25, 0.3) is 0 Å². The van der Waals surface area contributed by atoms with Crippen LogP contribution in [-0.2, 0) is 0 Å². The van der Waals surface area contributed by atoms with Gasteiger partial charge in [-0.1, -0.05) is 13.8 Å². The molecule has 0 bridgehead atoms. The topological polar surface area (TPSA) is 59.9 Å². The molecule has 0 aliphatic rings. The van der Waals surface area contributed by atoms with Crippen LogP contribution in [0.1, 0.15) is 59.1 Å². The number of rotatable bonds is 4. The first-order valence-corrected chi connectivity index (χ1v) is 5.42. The fourth-order valence-electron chi connectivity index (χ4n) is 1.47. The second-order valence-corrected chi connectivity index (χ2v) is 3.65. The number of carbonyl (C=O) groups is 2. The first-order valence-electron chi connectivity index (χ1n) is 5.42. The van der Waals surface area contributed by atoms with Gasteiger partial charge in [-0.05, 0) is 13.8 Å². The molecular formula is C12H16N2O2. The van der Waals surface area contributed by atoms with Gasteiger partial charge in [-0.15, -0.1) is 0 Å². The van der Waals surface area contributed by atoms with E-state index in [-0.39, 0.29) is 11.6 Å². The average Bonchev–Trinajstić information content (AvgIpc) is 2.29. The van der Waals surface area contributed by atoms with Crippen molar-refractivity contribution >= 4 is 11.6 Å². The predicted octanol–water partition coefficient (Wildman–Crippen LogP) is 2.28. The number of aryl methyl sites for hydroxylation is 2. The number of hydrogen-bond donors (Lipinski definition) is 0. The fourth-order valence-corrected chi connectivity index (χ4v) is 1.47. The highest BCUT2D eigenvalue weighted by atomic mass is 16.1. The van der Waals surface area contributed by atoms with Gasteiger partial charge in [0.2, 0.25) is 0 Å². The van der Waals surface area contributed by atoms with Crippen LogP contribution in [0.3, 0.4) is 0 Å². The summed E-state index contributed by atoms with van der Waals surface area (Å²) in [7, 11) is 0. The lowest BCUT2D eigenvalue weighted by atomic mass is 10.1. The average molecular weight is 220 g/mol. The molecule has 0 spiro atoms. The standard InChI is InChI=1S/C12H16N2O2/c1-5-9(15)11-7(3)14-12(8(4)13-11)10(16)6-2/h5-6H2,1-4H3. The van der Waals surface area contributed by atoms with Crippen LogP contribution in [-0.4, -0.2) is 21.5 Å². The third-order valence-corrected chi connectivity index (χ3v) is 2.41. The van der Waals surface area contributed by atoms with Crippen LogP contribution in [0, 0.1) is 13.8 Å². The molecule has 86 valence electrons. The van der Waals surface area contributed by atoms with Crippen molar-refractivity contribution in [2.24, 2.45) is 0 Å². The lowest BCUT2D eigenvalue weighted by molar-refractivity contribution is 0.0967. The summed E-state index contributed by atoms with van der Waals surface area (Å²) in [6.07, 6.45) is 0.798. The van der Waals surface area contributed by atoms with E-state index in [9.17, 15) is 9.59 Å². The third-order valence-electron chi connectivity index (χ3n) is 2.41. The largest absolute Gasteiger partial charge is 0.292 e. The van der Waals surface area contributed by atoms with Crippen molar-refractivity contribution in [1.82, 2.24) is 9.97 Å². The van der Waals surface area contributed by atoms with Gasteiger partial charge in [-0.2, -0.15) is 0 Å². The molecule has 1 heterocycles. The Morgan fingerprint density at radius 1 is 0.875 bits per heavy atom. The number of aromatic nitrogens is 2. The molecule has 4 heteroatoms. The Hall–Kier alpha value is -1.58. The lowest BCUT2D eigenvalue weighted by Crippen LogP contribution is -2.13. The van der Waals surface area contributed by atoms with E-state index in [0.717, 1.165) is 0 Å². The molecule has 0 unspecified atom stereocenters. The minimum Gasteiger partial charge on any atom is -0.292 e. The highest BCUT2D eigenvalue weighted by Crippen LogP contribution is 2.11. The van der Waals surface area contributed by atoms with E-state index in [2.05, 4.69) is 9.97 Å². The molecule has 0 aliphatic carbocycles. The van der Waals surface area contributed by atoms with Crippen LogP contribution in [0.2, 0.25) is 0 Å². The summed E-state index contributed by atoms with van der Waals surface area (Å²) in [5.74, 6) is -0.0767. The zero-order chi connectivity index (χ0) is 12.3. The zero-order valence-corrected chi connectivity index (χ0v) is 10.1. The quantitative estimate of drug-likeness (QED) is 0.730. The van der Waals surface area contributed by atoms with E-state index >= 15 is 0 Å². The van der Waals surface area contributed by atoms with E-state index in [1.807, 2.05) is 0 Å². The summed E-state index contributed by atoms with van der Waals surface area (Å²) in [5.41, 5.74) is 1.84. The molecule has 1 rings (SSSR count). The van der Waals surface area contributed by atoms with Crippen LogP contribution >= 0.6 is 0 Å². The van der Waals surface area contributed by atoms with Gasteiger partial charge in [0.25, 0.3) is 0 Å². The molecule has 0 saturated heterocycles. The molecule has 0 radical (unpaired) electrons. The molecule has 1 aromatic rings. The van der Waals surface area contributed by atoms with Gasteiger partial charge < -0.3 is 0 Å². The second-order valence-electron chi connectivity index (χ2n) is 3.65. The molecule has 4 nitrogen and oxygen atoms in total. The Kier molecular flexibility index (Phi) is 3.88. The molecule has 1 aromatic heterocycles. The molecule has 0 aromatic carbocycles. The first kappa shape index (κ1) is 12.5. The number of ketones is 2. The second kappa shape index (κ2) is 4.96. The third kappa shape index (κ3) is 2.32. The highest BCUT2D eigenvalue weighted by molar-refractivity contribution is 5.97. The van der Waals surface area contributed by atoms with Crippen molar-refractivity contribution < 1.29 is 9.59 Å². The fraction of sp³-hybridized carbons (Fsp3) is 0.500. The van der Waals surface area contributed by atoms with E-state index in [4.69, 9.17) is 0 Å². The monoisotopic (exact) mass is 220 g/mol. The van der Waals surface area contributed by atoms with Crippen molar-refractivity contribution in [3.05, 3.63) is 22.8 Å². The van der Waals surface area contributed by atoms with Gasteiger partial charge in [-0.3, -0.25) is 9.59 Å². The number of hydrogen-bond acceptors (Lipinski definition) is 4. The Balaban J connectivity index is 3.27. The maximum absolute atomic E-state index is 11.5. The minimum atomic E-state index is -0.0383. The van der Waals surface area contributed by atoms with Gasteiger partial charge in [-0.25, -0.2) is 9.97 Å². The van der Waals surface area contributed by atoms with Crippen LogP contribution in [0.4, 0.5) is 0 Å². The number of nitrogens with zero attached hydrogens (tertiary/aromatic N) is 2. The van der Waals surface area contributed by atoms with Crippen molar-refractivity contribution in [3.63, 3.8) is 0 Å². The summed E-state index contributed by atoms with van der Waals surface area (Å²) in [6, 6.07) is 0. The van der Waals surface area contributed by atoms with E-state index in [0.29, 0.717) is 35.6 Å². The van der Waals surface area contributed by atoms with E-state index in [1.165, 1.54) is 0 Å². The van der Waals surface area contributed by atoms with Crippen molar-refractivity contribution in [2.45, 2.75) is 40.5 Å². The molecule has 0 N–H and O–H groups in total. The predicted molar refractivity (Wildman–Crippen MR) is 60.7 cm³/mol. The smallest absolute Gasteiger partial charge is 0.182 e. The van der Waals surface area contributed by atoms with Crippen molar-refractivity contribution in [1.29, 1.82) is 0 Å².